The second-order valence-electron chi connectivity index (χ2n) is 7.69. The van der Waals surface area contributed by atoms with Crippen LogP contribution in [0.15, 0.2) is 59.5 Å². The van der Waals surface area contributed by atoms with Crippen LogP contribution in [0, 0.1) is 5.92 Å². The van der Waals surface area contributed by atoms with Crippen LogP contribution in [0.4, 0.5) is 0 Å². The van der Waals surface area contributed by atoms with E-state index in [-0.39, 0.29) is 5.91 Å². The molecule has 156 valence electrons. The van der Waals surface area contributed by atoms with Crippen molar-refractivity contribution in [1.29, 1.82) is 0 Å². The Labute approximate surface area is 178 Å². The van der Waals surface area contributed by atoms with Gasteiger partial charge in [0.05, 0.1) is 12.1 Å². The maximum atomic E-state index is 12.7. The first-order valence-electron chi connectivity index (χ1n) is 10.3. The third-order valence-electron chi connectivity index (χ3n) is 5.64. The lowest BCUT2D eigenvalue weighted by Crippen LogP contribution is -2.38. The van der Waals surface area contributed by atoms with Gasteiger partial charge in [0.25, 0.3) is 0 Å². The van der Waals surface area contributed by atoms with E-state index in [0.29, 0.717) is 12.3 Å². The zero-order valence-corrected chi connectivity index (χ0v) is 16.8. The predicted molar refractivity (Wildman–Crippen MR) is 113 cm³/mol. The summed E-state index contributed by atoms with van der Waals surface area (Å²) < 4.78 is 6.33. The molecule has 1 amide bonds. The number of carbonyl (C=O) groups excluding carboxylic acids is 1. The number of benzene rings is 2. The molecule has 0 saturated carbocycles. The normalized spacial score (nSPS) is 15.2. The summed E-state index contributed by atoms with van der Waals surface area (Å²) >= 11 is 0. The van der Waals surface area contributed by atoms with Crippen molar-refractivity contribution in [3.05, 3.63) is 66.0 Å². The number of allylic oxidation sites excluding steroid dienone is 1. The molecule has 5 rings (SSSR count). The topological polar surface area (TPSA) is 103 Å². The number of carbonyl (C=O) groups is 1. The maximum Gasteiger partial charge on any atom is 0.226 e. The summed E-state index contributed by atoms with van der Waals surface area (Å²) in [6, 6.07) is 13.6. The van der Waals surface area contributed by atoms with E-state index in [4.69, 9.17) is 4.63 Å². The highest BCUT2D eigenvalue weighted by atomic mass is 16.6. The Morgan fingerprint density at radius 2 is 1.87 bits per heavy atom. The van der Waals surface area contributed by atoms with Crippen LogP contribution in [0.1, 0.15) is 24.0 Å². The average Bonchev–Trinajstić information content (AvgIpc) is 3.50. The molecule has 2 aromatic carbocycles. The molecule has 1 saturated heterocycles. The molecule has 2 aromatic heterocycles. The van der Waals surface area contributed by atoms with Crippen LogP contribution in [0.5, 0.6) is 0 Å². The number of piperidine rings is 1. The van der Waals surface area contributed by atoms with Gasteiger partial charge in [0.2, 0.25) is 5.91 Å². The number of hydrogen-bond donors (Lipinski definition) is 0. The molecular weight excluding hydrogens is 394 g/mol. The standard InChI is InChI=1S/C22H21N7O2/c30-22(14-18-3-6-19(7-4-18)29-15-23-26-27-29)28-11-9-16(10-12-28)1-2-17-5-8-20-21(13-17)25-31-24-20/h1-8,13,15-16H,9-12,14H2. The van der Waals surface area contributed by atoms with Gasteiger partial charge in [-0.3, -0.25) is 4.79 Å². The monoisotopic (exact) mass is 415 g/mol. The lowest BCUT2D eigenvalue weighted by Gasteiger charge is -2.31. The minimum absolute atomic E-state index is 0.168. The van der Waals surface area contributed by atoms with Crippen molar-refractivity contribution >= 4 is 23.0 Å². The number of nitrogens with zero attached hydrogens (tertiary/aromatic N) is 7. The van der Waals surface area contributed by atoms with Crippen LogP contribution in [-0.4, -0.2) is 54.4 Å². The Morgan fingerprint density at radius 3 is 2.65 bits per heavy atom. The number of hydrogen-bond acceptors (Lipinski definition) is 7. The predicted octanol–water partition coefficient (Wildman–Crippen LogP) is 2.69. The van der Waals surface area contributed by atoms with Gasteiger partial charge in [-0.05, 0) is 74.9 Å². The van der Waals surface area contributed by atoms with Gasteiger partial charge < -0.3 is 4.90 Å². The van der Waals surface area contributed by atoms with E-state index in [1.165, 1.54) is 0 Å². The van der Waals surface area contributed by atoms with Crippen LogP contribution in [-0.2, 0) is 11.2 Å². The minimum Gasteiger partial charge on any atom is -0.342 e. The third kappa shape index (κ3) is 4.35. The SMILES string of the molecule is O=C(Cc1ccc(-n2cnnn2)cc1)N1CCC(C=Cc2ccc3nonc3c2)CC1. The first kappa shape index (κ1) is 19.1. The van der Waals surface area contributed by atoms with Gasteiger partial charge in [0.1, 0.15) is 17.4 Å². The summed E-state index contributed by atoms with van der Waals surface area (Å²) in [7, 11) is 0. The number of aromatic nitrogens is 6. The van der Waals surface area contributed by atoms with Gasteiger partial charge in [-0.15, -0.1) is 5.10 Å². The molecule has 1 aliphatic heterocycles. The first-order chi connectivity index (χ1) is 15.2. The van der Waals surface area contributed by atoms with Crippen molar-refractivity contribution in [2.75, 3.05) is 13.1 Å². The van der Waals surface area contributed by atoms with Gasteiger partial charge in [-0.25, -0.2) is 9.31 Å². The quantitative estimate of drug-likeness (QED) is 0.494. The van der Waals surface area contributed by atoms with Crippen LogP contribution in [0.2, 0.25) is 0 Å². The maximum absolute atomic E-state index is 12.7. The number of fused-ring (bicyclic) bond motifs is 1. The molecule has 9 nitrogen and oxygen atoms in total. The molecule has 1 fully saturated rings. The van der Waals surface area contributed by atoms with Gasteiger partial charge in [-0.1, -0.05) is 30.4 Å². The lowest BCUT2D eigenvalue weighted by molar-refractivity contribution is -0.131. The molecule has 0 unspecified atom stereocenters. The molecule has 9 heteroatoms. The Morgan fingerprint density at radius 1 is 1.06 bits per heavy atom. The van der Waals surface area contributed by atoms with E-state index in [0.717, 1.165) is 53.8 Å². The van der Waals surface area contributed by atoms with Crippen molar-refractivity contribution in [3.63, 3.8) is 0 Å². The highest BCUT2D eigenvalue weighted by Crippen LogP contribution is 2.21. The summed E-state index contributed by atoms with van der Waals surface area (Å²) in [5.74, 6) is 0.632. The zero-order chi connectivity index (χ0) is 21.0. The number of tetrazole rings is 1. The summed E-state index contributed by atoms with van der Waals surface area (Å²) in [5, 5.41) is 18.8. The highest BCUT2D eigenvalue weighted by molar-refractivity contribution is 5.79. The van der Waals surface area contributed by atoms with Crippen LogP contribution in [0.25, 0.3) is 22.8 Å². The molecule has 0 N–H and O–H groups in total. The molecule has 4 aromatic rings. The van der Waals surface area contributed by atoms with Gasteiger partial charge >= 0.3 is 0 Å². The molecule has 0 bridgehead atoms. The van der Waals surface area contributed by atoms with Crippen molar-refractivity contribution < 1.29 is 9.42 Å². The summed E-state index contributed by atoms with van der Waals surface area (Å²) in [4.78, 5) is 14.7. The first-order valence-corrected chi connectivity index (χ1v) is 10.3. The smallest absolute Gasteiger partial charge is 0.226 e. The minimum atomic E-state index is 0.168. The molecule has 1 aliphatic rings. The van der Waals surface area contributed by atoms with E-state index >= 15 is 0 Å². The largest absolute Gasteiger partial charge is 0.342 e. The zero-order valence-electron chi connectivity index (χ0n) is 16.8. The summed E-state index contributed by atoms with van der Waals surface area (Å²) in [5.41, 5.74) is 4.45. The van der Waals surface area contributed by atoms with E-state index in [2.05, 4.69) is 38.0 Å². The molecule has 0 atom stereocenters. The van der Waals surface area contributed by atoms with Gasteiger partial charge in [0, 0.05) is 13.1 Å². The Balaban J connectivity index is 1.13. The van der Waals surface area contributed by atoms with E-state index < -0.39 is 0 Å². The highest BCUT2D eigenvalue weighted by Gasteiger charge is 2.21. The molecule has 0 spiro atoms. The van der Waals surface area contributed by atoms with Crippen LogP contribution >= 0.6 is 0 Å². The molecule has 31 heavy (non-hydrogen) atoms. The fourth-order valence-corrected chi connectivity index (χ4v) is 3.82. The fraction of sp³-hybridized carbons (Fsp3) is 0.273. The molecular formula is C22H21N7O2. The summed E-state index contributed by atoms with van der Waals surface area (Å²) in [6.07, 6.45) is 8.23. The number of rotatable bonds is 5. The van der Waals surface area contributed by atoms with Crippen LogP contribution < -0.4 is 0 Å². The Kier molecular flexibility index (Phi) is 5.22. The van der Waals surface area contributed by atoms with E-state index in [1.807, 2.05) is 47.4 Å². The van der Waals surface area contributed by atoms with Crippen molar-refractivity contribution in [2.45, 2.75) is 19.3 Å². The number of likely N-dealkylation sites (tertiary alicyclic amines) is 1. The fourth-order valence-electron chi connectivity index (χ4n) is 3.82. The lowest BCUT2D eigenvalue weighted by atomic mass is 9.95. The second-order valence-corrected chi connectivity index (χ2v) is 7.69. The van der Waals surface area contributed by atoms with E-state index in [1.54, 1.807) is 11.0 Å². The van der Waals surface area contributed by atoms with Gasteiger partial charge in [-0.2, -0.15) is 0 Å². The third-order valence-corrected chi connectivity index (χ3v) is 5.64. The summed E-state index contributed by atoms with van der Waals surface area (Å²) in [6.45, 7) is 1.56. The Hall–Kier alpha value is -3.88. The second kappa shape index (κ2) is 8.47. The average molecular weight is 415 g/mol. The van der Waals surface area contributed by atoms with Crippen molar-refractivity contribution in [3.8, 4) is 5.69 Å². The van der Waals surface area contributed by atoms with Gasteiger partial charge in [0.15, 0.2) is 0 Å². The molecule has 3 heterocycles. The van der Waals surface area contributed by atoms with E-state index in [9.17, 15) is 4.79 Å². The Bertz CT molecular complexity index is 1190. The number of amides is 1. The van der Waals surface area contributed by atoms with Crippen LogP contribution in [0.3, 0.4) is 0 Å². The molecule has 0 radical (unpaired) electrons. The van der Waals surface area contributed by atoms with Crippen molar-refractivity contribution in [2.24, 2.45) is 5.92 Å². The van der Waals surface area contributed by atoms with Crippen molar-refractivity contribution in [1.82, 2.24) is 35.4 Å². The molecule has 0 aliphatic carbocycles.